The fraction of sp³-hybridized carbons (Fsp3) is 0.318. The number of piperazine rings is 1. The van der Waals surface area contributed by atoms with Gasteiger partial charge in [0.05, 0.1) is 10.5 Å². The molecule has 1 aliphatic heterocycles. The number of anilines is 1. The Labute approximate surface area is 174 Å². The SMILES string of the molecule is O=C(NCCCN1CCN(c2ccccc2)CC1)c1c[nH]c2ccc([N+](=O)[O-])cc12. The lowest BCUT2D eigenvalue weighted by Gasteiger charge is -2.36. The molecule has 2 N–H and O–H groups in total. The zero-order valence-corrected chi connectivity index (χ0v) is 16.7. The van der Waals surface area contributed by atoms with Gasteiger partial charge in [-0.3, -0.25) is 19.8 Å². The van der Waals surface area contributed by atoms with E-state index in [0.717, 1.165) is 39.1 Å². The van der Waals surface area contributed by atoms with Gasteiger partial charge in [0.25, 0.3) is 11.6 Å². The molecule has 1 aliphatic rings. The molecule has 4 rings (SSSR count). The molecule has 156 valence electrons. The molecule has 30 heavy (non-hydrogen) atoms. The Morgan fingerprint density at radius 3 is 2.60 bits per heavy atom. The Morgan fingerprint density at radius 2 is 1.87 bits per heavy atom. The summed E-state index contributed by atoms with van der Waals surface area (Å²) in [6.45, 7) is 5.53. The van der Waals surface area contributed by atoms with Crippen molar-refractivity contribution >= 4 is 28.2 Å². The number of amides is 1. The summed E-state index contributed by atoms with van der Waals surface area (Å²) in [5, 5.41) is 14.5. The molecule has 0 bridgehead atoms. The number of aromatic nitrogens is 1. The highest BCUT2D eigenvalue weighted by molar-refractivity contribution is 6.07. The quantitative estimate of drug-likeness (QED) is 0.357. The lowest BCUT2D eigenvalue weighted by Crippen LogP contribution is -2.47. The average Bonchev–Trinajstić information content (AvgIpc) is 3.21. The molecular formula is C22H25N5O3. The number of benzene rings is 2. The van der Waals surface area contributed by atoms with E-state index in [4.69, 9.17) is 0 Å². The van der Waals surface area contributed by atoms with Gasteiger partial charge in [-0.25, -0.2) is 0 Å². The second-order valence-corrected chi connectivity index (χ2v) is 7.46. The largest absolute Gasteiger partial charge is 0.369 e. The van der Waals surface area contributed by atoms with Crippen molar-refractivity contribution in [1.82, 2.24) is 15.2 Å². The van der Waals surface area contributed by atoms with Crippen LogP contribution in [0.25, 0.3) is 10.9 Å². The van der Waals surface area contributed by atoms with Crippen LogP contribution in [0.1, 0.15) is 16.8 Å². The van der Waals surface area contributed by atoms with Gasteiger partial charge in [0.1, 0.15) is 0 Å². The third-order valence-corrected chi connectivity index (χ3v) is 5.55. The third-order valence-electron chi connectivity index (χ3n) is 5.55. The van der Waals surface area contributed by atoms with Gasteiger partial charge < -0.3 is 15.2 Å². The van der Waals surface area contributed by atoms with Gasteiger partial charge in [-0.2, -0.15) is 0 Å². The number of carbonyl (C=O) groups is 1. The van der Waals surface area contributed by atoms with Gasteiger partial charge in [0.15, 0.2) is 0 Å². The number of nitro groups is 1. The van der Waals surface area contributed by atoms with Crippen LogP contribution >= 0.6 is 0 Å². The Bertz CT molecular complexity index is 1030. The molecule has 0 saturated carbocycles. The van der Waals surface area contributed by atoms with E-state index in [-0.39, 0.29) is 11.6 Å². The molecular weight excluding hydrogens is 382 g/mol. The highest BCUT2D eigenvalue weighted by Crippen LogP contribution is 2.23. The molecule has 0 atom stereocenters. The average molecular weight is 407 g/mol. The standard InChI is InChI=1S/C22H25N5O3/c28-22(20-16-24-21-8-7-18(27(29)30)15-19(20)21)23-9-4-10-25-11-13-26(14-12-25)17-5-2-1-3-6-17/h1-3,5-8,15-16,24H,4,9-14H2,(H,23,28). The Hall–Kier alpha value is -3.39. The maximum absolute atomic E-state index is 12.5. The first-order valence-electron chi connectivity index (χ1n) is 10.2. The zero-order chi connectivity index (χ0) is 20.9. The fourth-order valence-corrected chi connectivity index (χ4v) is 3.88. The van der Waals surface area contributed by atoms with Crippen molar-refractivity contribution in [3.05, 3.63) is 70.4 Å². The van der Waals surface area contributed by atoms with E-state index in [1.165, 1.54) is 17.8 Å². The Morgan fingerprint density at radius 1 is 1.10 bits per heavy atom. The molecule has 8 nitrogen and oxygen atoms in total. The number of non-ortho nitro benzene ring substituents is 1. The summed E-state index contributed by atoms with van der Waals surface area (Å²) < 4.78 is 0. The van der Waals surface area contributed by atoms with E-state index in [9.17, 15) is 14.9 Å². The van der Waals surface area contributed by atoms with Crippen LogP contribution < -0.4 is 10.2 Å². The van der Waals surface area contributed by atoms with Crippen molar-refractivity contribution in [2.75, 3.05) is 44.2 Å². The fourth-order valence-electron chi connectivity index (χ4n) is 3.88. The van der Waals surface area contributed by atoms with Crippen LogP contribution in [0.2, 0.25) is 0 Å². The Balaban J connectivity index is 1.23. The van der Waals surface area contributed by atoms with E-state index in [0.29, 0.717) is 23.0 Å². The minimum atomic E-state index is -0.453. The number of carbonyl (C=O) groups excluding carboxylic acids is 1. The Kier molecular flexibility index (Phi) is 5.94. The van der Waals surface area contributed by atoms with E-state index in [2.05, 4.69) is 44.4 Å². The smallest absolute Gasteiger partial charge is 0.270 e. The first-order chi connectivity index (χ1) is 14.6. The van der Waals surface area contributed by atoms with Gasteiger partial charge >= 0.3 is 0 Å². The molecule has 2 heterocycles. The summed E-state index contributed by atoms with van der Waals surface area (Å²) in [5.74, 6) is -0.212. The molecule has 3 aromatic rings. The first-order valence-corrected chi connectivity index (χ1v) is 10.2. The minimum Gasteiger partial charge on any atom is -0.369 e. The van der Waals surface area contributed by atoms with Crippen molar-refractivity contribution in [1.29, 1.82) is 0 Å². The van der Waals surface area contributed by atoms with E-state index < -0.39 is 4.92 Å². The predicted molar refractivity (Wildman–Crippen MR) is 117 cm³/mol. The second kappa shape index (κ2) is 8.96. The number of hydrogen-bond acceptors (Lipinski definition) is 5. The van der Waals surface area contributed by atoms with E-state index in [1.807, 2.05) is 6.07 Å². The zero-order valence-electron chi connectivity index (χ0n) is 16.7. The summed E-state index contributed by atoms with van der Waals surface area (Å²) in [5.41, 5.74) is 2.39. The number of para-hydroxylation sites is 1. The van der Waals surface area contributed by atoms with Gasteiger partial charge in [0, 0.05) is 67.6 Å². The van der Waals surface area contributed by atoms with Gasteiger partial charge in [-0.15, -0.1) is 0 Å². The van der Waals surface area contributed by atoms with Crippen LogP contribution in [0.15, 0.2) is 54.7 Å². The highest BCUT2D eigenvalue weighted by Gasteiger charge is 2.18. The van der Waals surface area contributed by atoms with Gasteiger partial charge in [-0.05, 0) is 31.2 Å². The predicted octanol–water partition coefficient (Wildman–Crippen LogP) is 3.02. The number of rotatable bonds is 7. The molecule has 1 amide bonds. The lowest BCUT2D eigenvalue weighted by atomic mass is 10.1. The summed E-state index contributed by atoms with van der Waals surface area (Å²) >= 11 is 0. The van der Waals surface area contributed by atoms with E-state index >= 15 is 0 Å². The summed E-state index contributed by atoms with van der Waals surface area (Å²) in [6.07, 6.45) is 2.46. The number of aromatic amines is 1. The first kappa shape index (κ1) is 19.9. The number of nitrogens with zero attached hydrogens (tertiary/aromatic N) is 3. The van der Waals surface area contributed by atoms with Crippen molar-refractivity contribution in [3.8, 4) is 0 Å². The molecule has 0 unspecified atom stereocenters. The van der Waals surface area contributed by atoms with Gasteiger partial charge in [-0.1, -0.05) is 18.2 Å². The maximum atomic E-state index is 12.5. The van der Waals surface area contributed by atoms with Crippen molar-refractivity contribution < 1.29 is 9.72 Å². The van der Waals surface area contributed by atoms with Gasteiger partial charge in [0.2, 0.25) is 0 Å². The molecule has 2 aromatic carbocycles. The number of H-pyrrole nitrogens is 1. The second-order valence-electron chi connectivity index (χ2n) is 7.46. The van der Waals surface area contributed by atoms with Crippen molar-refractivity contribution in [2.45, 2.75) is 6.42 Å². The van der Waals surface area contributed by atoms with Crippen LogP contribution in [0, 0.1) is 10.1 Å². The highest BCUT2D eigenvalue weighted by atomic mass is 16.6. The monoisotopic (exact) mass is 407 g/mol. The maximum Gasteiger partial charge on any atom is 0.270 e. The molecule has 0 spiro atoms. The van der Waals surface area contributed by atoms with E-state index in [1.54, 1.807) is 12.3 Å². The molecule has 1 fully saturated rings. The summed E-state index contributed by atoms with van der Waals surface area (Å²) in [4.78, 5) is 30.9. The number of nitrogens with one attached hydrogen (secondary N) is 2. The third kappa shape index (κ3) is 4.44. The number of hydrogen-bond donors (Lipinski definition) is 2. The molecule has 8 heteroatoms. The lowest BCUT2D eigenvalue weighted by molar-refractivity contribution is -0.384. The van der Waals surface area contributed by atoms with Crippen molar-refractivity contribution in [2.24, 2.45) is 0 Å². The molecule has 0 radical (unpaired) electrons. The van der Waals surface area contributed by atoms with Crippen LogP contribution in [0.5, 0.6) is 0 Å². The minimum absolute atomic E-state index is 0.0224. The van der Waals surface area contributed by atoms with Crippen LogP contribution in [-0.4, -0.2) is 60.0 Å². The normalized spacial score (nSPS) is 14.7. The van der Waals surface area contributed by atoms with Crippen LogP contribution in [-0.2, 0) is 0 Å². The number of fused-ring (bicyclic) bond motifs is 1. The molecule has 0 aliphatic carbocycles. The molecule has 1 saturated heterocycles. The molecule has 1 aromatic heterocycles. The topological polar surface area (TPSA) is 94.5 Å². The van der Waals surface area contributed by atoms with Crippen LogP contribution in [0.4, 0.5) is 11.4 Å². The van der Waals surface area contributed by atoms with Crippen molar-refractivity contribution in [3.63, 3.8) is 0 Å². The summed E-state index contributed by atoms with van der Waals surface area (Å²) in [7, 11) is 0. The number of nitro benzene ring substituents is 1. The van der Waals surface area contributed by atoms with Crippen LogP contribution in [0.3, 0.4) is 0 Å². The summed E-state index contributed by atoms with van der Waals surface area (Å²) in [6, 6.07) is 14.9.